The average molecular weight is 282 g/mol. The zero-order valence-corrected chi connectivity index (χ0v) is 12.0. The molecule has 98 valence electrons. The summed E-state index contributed by atoms with van der Waals surface area (Å²) >= 11 is 1.61. The van der Waals surface area contributed by atoms with Crippen LogP contribution in [0.4, 0.5) is 0 Å². The van der Waals surface area contributed by atoms with Crippen LogP contribution in [0.15, 0.2) is 42.5 Å². The van der Waals surface area contributed by atoms with Gasteiger partial charge in [-0.15, -0.1) is 11.8 Å². The molecule has 2 nitrogen and oxygen atoms in total. The van der Waals surface area contributed by atoms with E-state index in [0.717, 1.165) is 17.7 Å². The minimum Gasteiger partial charge on any atom is -0.386 e. The number of aliphatic hydroxyl groups is 1. The van der Waals surface area contributed by atoms with E-state index in [1.165, 1.54) is 0 Å². The monoisotopic (exact) mass is 282 g/mol. The van der Waals surface area contributed by atoms with E-state index in [0.29, 0.717) is 5.75 Å². The first-order valence-corrected chi connectivity index (χ1v) is 8.40. The van der Waals surface area contributed by atoms with Crippen LogP contribution in [-0.4, -0.2) is 24.9 Å². The van der Waals surface area contributed by atoms with Crippen LogP contribution in [0.2, 0.25) is 0 Å². The van der Waals surface area contributed by atoms with Crippen molar-refractivity contribution in [2.45, 2.75) is 23.5 Å². The maximum atomic E-state index is 12.4. The van der Waals surface area contributed by atoms with Crippen LogP contribution in [0.3, 0.4) is 0 Å². The van der Waals surface area contributed by atoms with Crippen LogP contribution >= 0.6 is 11.8 Å². The second-order valence-electron chi connectivity index (χ2n) is 4.29. The molecule has 1 heterocycles. The highest BCUT2D eigenvalue weighted by Gasteiger charge is 2.44. The van der Waals surface area contributed by atoms with E-state index in [2.05, 4.69) is 0 Å². The number of hydrogen-bond acceptors (Lipinski definition) is 3. The Morgan fingerprint density at radius 2 is 2.17 bits per heavy atom. The van der Waals surface area contributed by atoms with Crippen molar-refractivity contribution in [3.8, 4) is 0 Å². The van der Waals surface area contributed by atoms with Gasteiger partial charge in [0.05, 0.1) is 0 Å². The summed E-state index contributed by atoms with van der Waals surface area (Å²) in [5, 5.41) is 10.6. The Morgan fingerprint density at radius 1 is 1.44 bits per heavy atom. The molecule has 3 atom stereocenters. The van der Waals surface area contributed by atoms with E-state index >= 15 is 0 Å². The first-order chi connectivity index (χ1) is 8.70. The predicted molar refractivity (Wildman–Crippen MR) is 79.0 cm³/mol. The lowest BCUT2D eigenvalue weighted by Gasteiger charge is -2.37. The molecular formula is C14H18O2S2. The largest absolute Gasteiger partial charge is 0.386 e. The number of hydrogen-bond donors (Lipinski definition) is 1. The lowest BCUT2D eigenvalue weighted by molar-refractivity contribution is 0.175. The van der Waals surface area contributed by atoms with E-state index in [1.807, 2.05) is 49.4 Å². The Labute approximate surface area is 115 Å². The van der Waals surface area contributed by atoms with Crippen molar-refractivity contribution < 1.29 is 9.32 Å². The number of aliphatic hydroxyl groups excluding tert-OH is 1. The lowest BCUT2D eigenvalue weighted by atomic mass is 10.1. The van der Waals surface area contributed by atoms with Gasteiger partial charge in [0, 0.05) is 16.6 Å². The van der Waals surface area contributed by atoms with Gasteiger partial charge in [0.25, 0.3) is 0 Å². The molecule has 4 heteroatoms. The minimum atomic E-state index is -1.04. The molecule has 1 saturated heterocycles. The van der Waals surface area contributed by atoms with E-state index in [4.69, 9.17) is 0 Å². The molecule has 0 radical (unpaired) electrons. The number of rotatable bonds is 3. The van der Waals surface area contributed by atoms with Gasteiger partial charge < -0.3 is 5.11 Å². The van der Waals surface area contributed by atoms with Gasteiger partial charge >= 0.3 is 0 Å². The van der Waals surface area contributed by atoms with Crippen LogP contribution in [0.5, 0.6) is 0 Å². The van der Waals surface area contributed by atoms with Crippen LogP contribution in [0.25, 0.3) is 0 Å². The summed E-state index contributed by atoms with van der Waals surface area (Å²) in [5.74, 6) is 1.61. The van der Waals surface area contributed by atoms with Gasteiger partial charge in [-0.3, -0.25) is 4.21 Å². The van der Waals surface area contributed by atoms with Gasteiger partial charge in [0.2, 0.25) is 0 Å². The van der Waals surface area contributed by atoms with Crippen molar-refractivity contribution in [2.24, 2.45) is 0 Å². The Balaban J connectivity index is 2.38. The topological polar surface area (TPSA) is 37.3 Å². The summed E-state index contributed by atoms with van der Waals surface area (Å²) in [6, 6.07) is 9.50. The van der Waals surface area contributed by atoms with Crippen molar-refractivity contribution in [3.63, 3.8) is 0 Å². The van der Waals surface area contributed by atoms with Crippen molar-refractivity contribution >= 4 is 22.6 Å². The normalized spacial score (nSPS) is 30.4. The second kappa shape index (κ2) is 6.04. The molecule has 1 N–H and O–H groups in total. The fourth-order valence-corrected chi connectivity index (χ4v) is 5.91. The molecule has 1 aliphatic rings. The van der Waals surface area contributed by atoms with Crippen LogP contribution in [0, 0.1) is 0 Å². The van der Waals surface area contributed by atoms with Gasteiger partial charge in [0.1, 0.15) is 10.2 Å². The minimum absolute atomic E-state index is 0.668. The van der Waals surface area contributed by atoms with Gasteiger partial charge in [0.15, 0.2) is 0 Å². The quantitative estimate of drug-likeness (QED) is 0.866. The third-order valence-corrected chi connectivity index (χ3v) is 7.00. The van der Waals surface area contributed by atoms with Crippen molar-refractivity contribution in [1.29, 1.82) is 0 Å². The molecule has 1 fully saturated rings. The third kappa shape index (κ3) is 2.56. The predicted octanol–water partition coefficient (Wildman–Crippen LogP) is 2.88. The smallest absolute Gasteiger partial charge is 0.139 e. The second-order valence-corrected chi connectivity index (χ2v) is 7.69. The Morgan fingerprint density at radius 3 is 2.78 bits per heavy atom. The SMILES string of the molecule is C/C=C/[C@@]1([C@@H](O)c2ccccc2)SCCCS1=O. The van der Waals surface area contributed by atoms with E-state index in [-0.39, 0.29) is 0 Å². The molecule has 0 spiro atoms. The highest BCUT2D eigenvalue weighted by atomic mass is 32.2. The first kappa shape index (κ1) is 13.8. The standard InChI is InChI=1S/C14H18O2S2/c1-2-9-14(17-10-6-11-18(14)16)13(15)12-7-4-3-5-8-12/h2-5,7-9,13,15H,6,10-11H2,1H3/b9-2+/t13-,14+,18?/m0/s1. The molecule has 0 aliphatic carbocycles. The van der Waals surface area contributed by atoms with Crippen molar-refractivity contribution in [2.75, 3.05) is 11.5 Å². The molecule has 2 rings (SSSR count). The molecule has 0 aromatic heterocycles. The number of thioether (sulfide) groups is 1. The molecule has 1 aromatic carbocycles. The fourth-order valence-electron chi connectivity index (χ4n) is 2.17. The highest BCUT2D eigenvalue weighted by molar-refractivity contribution is 8.13. The van der Waals surface area contributed by atoms with Gasteiger partial charge in [-0.1, -0.05) is 42.5 Å². The molecule has 0 bridgehead atoms. The molecule has 0 amide bonds. The molecule has 18 heavy (non-hydrogen) atoms. The fraction of sp³-hybridized carbons (Fsp3) is 0.429. The molecule has 1 aliphatic heterocycles. The summed E-state index contributed by atoms with van der Waals surface area (Å²) in [6.45, 7) is 1.91. The summed E-state index contributed by atoms with van der Waals surface area (Å²) in [7, 11) is -1.04. The maximum absolute atomic E-state index is 12.4. The zero-order valence-electron chi connectivity index (χ0n) is 10.4. The Kier molecular flexibility index (Phi) is 4.65. The Hall–Kier alpha value is -0.580. The van der Waals surface area contributed by atoms with Gasteiger partial charge in [-0.25, -0.2) is 0 Å². The van der Waals surface area contributed by atoms with Gasteiger partial charge in [-0.05, 0) is 24.7 Å². The summed E-state index contributed by atoms with van der Waals surface area (Å²) in [6.07, 6.45) is 4.03. The van der Waals surface area contributed by atoms with Gasteiger partial charge in [-0.2, -0.15) is 0 Å². The number of allylic oxidation sites excluding steroid dienone is 1. The third-order valence-electron chi connectivity index (χ3n) is 3.05. The molecule has 1 aromatic rings. The summed E-state index contributed by atoms with van der Waals surface area (Å²) in [5.41, 5.74) is 0.832. The van der Waals surface area contributed by atoms with Crippen molar-refractivity contribution in [1.82, 2.24) is 0 Å². The van der Waals surface area contributed by atoms with Crippen LogP contribution in [-0.2, 0) is 10.8 Å². The summed E-state index contributed by atoms with van der Waals surface area (Å²) < 4.78 is 11.7. The van der Waals surface area contributed by atoms with E-state index in [9.17, 15) is 9.32 Å². The average Bonchev–Trinajstić information content (AvgIpc) is 2.42. The van der Waals surface area contributed by atoms with E-state index < -0.39 is 21.0 Å². The first-order valence-electron chi connectivity index (χ1n) is 6.10. The molecule has 1 unspecified atom stereocenters. The maximum Gasteiger partial charge on any atom is 0.139 e. The Bertz CT molecular complexity index is 444. The molecular weight excluding hydrogens is 264 g/mol. The highest BCUT2D eigenvalue weighted by Crippen LogP contribution is 2.45. The zero-order chi connectivity index (χ0) is 13.0. The number of benzene rings is 1. The lowest BCUT2D eigenvalue weighted by Crippen LogP contribution is -2.40. The van der Waals surface area contributed by atoms with Crippen molar-refractivity contribution in [3.05, 3.63) is 48.0 Å². The summed E-state index contributed by atoms with van der Waals surface area (Å²) in [4.78, 5) is 0. The van der Waals surface area contributed by atoms with Crippen LogP contribution < -0.4 is 0 Å². The van der Waals surface area contributed by atoms with Crippen LogP contribution in [0.1, 0.15) is 25.0 Å². The molecule has 0 saturated carbocycles. The van der Waals surface area contributed by atoms with E-state index in [1.54, 1.807) is 11.8 Å².